The molecule has 3 rings (SSSR count). The minimum absolute atomic E-state index is 0. The minimum atomic E-state index is -1.20. The highest BCUT2D eigenvalue weighted by molar-refractivity contribution is 5.85. The van der Waals surface area contributed by atoms with Crippen LogP contribution in [0.1, 0.15) is 17.5 Å². The number of aromatic nitrogens is 3. The van der Waals surface area contributed by atoms with Crippen LogP contribution in [0.5, 0.6) is 0 Å². The van der Waals surface area contributed by atoms with Crippen molar-refractivity contribution in [1.82, 2.24) is 15.0 Å². The smallest absolute Gasteiger partial charge is 0.161 e. The zero-order valence-corrected chi connectivity index (χ0v) is 15.5. The van der Waals surface area contributed by atoms with Gasteiger partial charge in [0.25, 0.3) is 0 Å². The molecule has 2 N–H and O–H groups in total. The third-order valence-electron chi connectivity index (χ3n) is 4.15. The number of hydrogen-bond acceptors (Lipinski definition) is 3. The molecule has 27 heavy (non-hydrogen) atoms. The lowest BCUT2D eigenvalue weighted by molar-refractivity contribution is 0.473. The fraction of sp³-hybridized carbons (Fsp3) is 0.263. The van der Waals surface area contributed by atoms with Crippen LogP contribution < -0.4 is 5.73 Å². The molecule has 0 amide bonds. The summed E-state index contributed by atoms with van der Waals surface area (Å²) in [6.07, 6.45) is 2.43. The molecule has 3 aromatic rings. The van der Waals surface area contributed by atoms with Crippen LogP contribution in [0.3, 0.4) is 0 Å². The molecule has 2 aromatic carbocycles. The first-order valence-electron chi connectivity index (χ1n) is 8.28. The van der Waals surface area contributed by atoms with Gasteiger partial charge in [0, 0.05) is 24.2 Å². The van der Waals surface area contributed by atoms with Crippen LogP contribution in [-0.4, -0.2) is 21.0 Å². The first-order chi connectivity index (χ1) is 12.4. The summed E-state index contributed by atoms with van der Waals surface area (Å²) in [6.45, 7) is 2.50. The van der Waals surface area contributed by atoms with Crippen LogP contribution in [0.2, 0.25) is 0 Å². The minimum Gasteiger partial charge on any atom is -0.327 e. The van der Waals surface area contributed by atoms with E-state index < -0.39 is 23.5 Å². The van der Waals surface area contributed by atoms with Crippen LogP contribution in [0.4, 0.5) is 13.2 Å². The van der Waals surface area contributed by atoms with Crippen molar-refractivity contribution in [3.8, 4) is 11.3 Å². The number of rotatable bonds is 6. The van der Waals surface area contributed by atoms with Crippen molar-refractivity contribution in [3.05, 3.63) is 71.2 Å². The monoisotopic (exact) mass is 396 g/mol. The van der Waals surface area contributed by atoms with Crippen LogP contribution >= 0.6 is 12.4 Å². The van der Waals surface area contributed by atoms with Gasteiger partial charge in [-0.3, -0.25) is 4.68 Å². The Hall–Kier alpha value is -2.38. The van der Waals surface area contributed by atoms with Crippen LogP contribution in [0, 0.1) is 24.4 Å². The standard InChI is InChI=1S/C19H19F3N4.ClH/c1-12-3-2-4-13(7-12)19-11-26(25-24-19)6-5-15(23)8-14-9-17(21)18(22)10-16(14)20;/h2-4,7,9-11,15H,5-6,8,23H2,1H3;1H/t15-;/m0./s1. The van der Waals surface area contributed by atoms with E-state index in [1.54, 1.807) is 4.68 Å². The topological polar surface area (TPSA) is 56.7 Å². The van der Waals surface area contributed by atoms with Crippen molar-refractivity contribution in [2.24, 2.45) is 5.73 Å². The van der Waals surface area contributed by atoms with E-state index in [1.807, 2.05) is 37.4 Å². The molecule has 4 nitrogen and oxygen atoms in total. The SMILES string of the molecule is Cc1cccc(-c2cn(CC[C@H](N)Cc3cc(F)c(F)cc3F)nn2)c1.Cl. The van der Waals surface area contributed by atoms with E-state index in [0.717, 1.165) is 22.9 Å². The number of aryl methyl sites for hydroxylation is 2. The Bertz CT molecular complexity index is 914. The molecule has 1 atom stereocenters. The van der Waals surface area contributed by atoms with Crippen molar-refractivity contribution >= 4 is 12.4 Å². The summed E-state index contributed by atoms with van der Waals surface area (Å²) in [5.74, 6) is -3.07. The van der Waals surface area contributed by atoms with E-state index >= 15 is 0 Å². The van der Waals surface area contributed by atoms with E-state index in [-0.39, 0.29) is 24.4 Å². The summed E-state index contributed by atoms with van der Waals surface area (Å²) in [4.78, 5) is 0. The highest BCUT2D eigenvalue weighted by atomic mass is 35.5. The molecular weight excluding hydrogens is 377 g/mol. The van der Waals surface area contributed by atoms with Crippen LogP contribution in [-0.2, 0) is 13.0 Å². The highest BCUT2D eigenvalue weighted by Crippen LogP contribution is 2.18. The van der Waals surface area contributed by atoms with Gasteiger partial charge >= 0.3 is 0 Å². The summed E-state index contributed by atoms with van der Waals surface area (Å²) < 4.78 is 41.6. The molecule has 0 saturated carbocycles. The molecule has 0 saturated heterocycles. The summed E-state index contributed by atoms with van der Waals surface area (Å²) in [5, 5.41) is 8.22. The van der Waals surface area contributed by atoms with Gasteiger partial charge in [-0.25, -0.2) is 13.2 Å². The molecule has 0 radical (unpaired) electrons. The van der Waals surface area contributed by atoms with Crippen molar-refractivity contribution in [1.29, 1.82) is 0 Å². The van der Waals surface area contributed by atoms with Gasteiger partial charge in [0.1, 0.15) is 11.5 Å². The van der Waals surface area contributed by atoms with Gasteiger partial charge in [0.2, 0.25) is 0 Å². The molecule has 0 fully saturated rings. The second-order valence-electron chi connectivity index (χ2n) is 6.35. The van der Waals surface area contributed by atoms with E-state index in [1.165, 1.54) is 0 Å². The Labute approximate surface area is 161 Å². The van der Waals surface area contributed by atoms with Crippen molar-refractivity contribution < 1.29 is 13.2 Å². The van der Waals surface area contributed by atoms with E-state index in [4.69, 9.17) is 5.73 Å². The number of benzene rings is 2. The molecule has 0 spiro atoms. The molecule has 1 aromatic heterocycles. The quantitative estimate of drug-likeness (QED) is 0.639. The molecule has 0 aliphatic carbocycles. The third-order valence-corrected chi connectivity index (χ3v) is 4.15. The summed E-state index contributed by atoms with van der Waals surface area (Å²) >= 11 is 0. The van der Waals surface area contributed by atoms with Gasteiger partial charge in [0.15, 0.2) is 11.6 Å². The Morgan fingerprint density at radius 1 is 1.07 bits per heavy atom. The van der Waals surface area contributed by atoms with Crippen molar-refractivity contribution in [3.63, 3.8) is 0 Å². The number of hydrogen-bond donors (Lipinski definition) is 1. The van der Waals surface area contributed by atoms with Gasteiger partial charge < -0.3 is 5.73 Å². The zero-order chi connectivity index (χ0) is 18.7. The number of halogens is 4. The maximum atomic E-state index is 13.7. The van der Waals surface area contributed by atoms with Gasteiger partial charge in [-0.05, 0) is 37.5 Å². The van der Waals surface area contributed by atoms with E-state index in [0.29, 0.717) is 19.0 Å². The molecule has 144 valence electrons. The van der Waals surface area contributed by atoms with Crippen LogP contribution in [0.25, 0.3) is 11.3 Å². The van der Waals surface area contributed by atoms with Crippen LogP contribution in [0.15, 0.2) is 42.6 Å². The first kappa shape index (κ1) is 20.9. The highest BCUT2D eigenvalue weighted by Gasteiger charge is 2.13. The first-order valence-corrected chi connectivity index (χ1v) is 8.28. The maximum absolute atomic E-state index is 13.7. The van der Waals surface area contributed by atoms with Gasteiger partial charge in [0.05, 0.1) is 6.20 Å². The molecule has 1 heterocycles. The largest absolute Gasteiger partial charge is 0.327 e. The summed E-state index contributed by atoms with van der Waals surface area (Å²) in [6, 6.07) is 8.92. The van der Waals surface area contributed by atoms with Crippen molar-refractivity contribution in [2.75, 3.05) is 0 Å². The molecule has 0 bridgehead atoms. The second-order valence-corrected chi connectivity index (χ2v) is 6.35. The molecule has 0 unspecified atom stereocenters. The third kappa shape index (κ3) is 5.30. The number of nitrogens with zero attached hydrogens (tertiary/aromatic N) is 3. The lowest BCUT2D eigenvalue weighted by Crippen LogP contribution is -2.25. The fourth-order valence-electron chi connectivity index (χ4n) is 2.75. The van der Waals surface area contributed by atoms with E-state index in [9.17, 15) is 13.2 Å². The molecular formula is C19H20ClF3N4. The fourth-order valence-corrected chi connectivity index (χ4v) is 2.75. The second kappa shape index (κ2) is 9.01. The Morgan fingerprint density at radius 3 is 2.56 bits per heavy atom. The normalized spacial score (nSPS) is 11.9. The van der Waals surface area contributed by atoms with E-state index in [2.05, 4.69) is 10.3 Å². The Morgan fingerprint density at radius 2 is 1.81 bits per heavy atom. The zero-order valence-electron chi connectivity index (χ0n) is 14.7. The molecule has 0 aliphatic heterocycles. The maximum Gasteiger partial charge on any atom is 0.161 e. The predicted molar refractivity (Wildman–Crippen MR) is 100 cm³/mol. The van der Waals surface area contributed by atoms with Gasteiger partial charge in [-0.1, -0.05) is 29.0 Å². The summed E-state index contributed by atoms with van der Waals surface area (Å²) in [5.41, 5.74) is 8.94. The lowest BCUT2D eigenvalue weighted by atomic mass is 10.0. The number of nitrogens with two attached hydrogens (primary N) is 1. The lowest BCUT2D eigenvalue weighted by Gasteiger charge is -2.12. The molecule has 0 aliphatic rings. The van der Waals surface area contributed by atoms with Gasteiger partial charge in [-0.2, -0.15) is 0 Å². The Balaban J connectivity index is 0.00000261. The predicted octanol–water partition coefficient (Wildman–Crippen LogP) is 4.05. The molecule has 8 heteroatoms. The average molecular weight is 397 g/mol. The average Bonchev–Trinajstić information content (AvgIpc) is 3.07. The van der Waals surface area contributed by atoms with Crippen molar-refractivity contribution in [2.45, 2.75) is 32.4 Å². The summed E-state index contributed by atoms with van der Waals surface area (Å²) in [7, 11) is 0. The van der Waals surface area contributed by atoms with Gasteiger partial charge in [-0.15, -0.1) is 17.5 Å². The Kier molecular flexibility index (Phi) is 6.98.